The number of hydrogen-bond donors (Lipinski definition) is 1. The van der Waals surface area contributed by atoms with Crippen LogP contribution in [-0.2, 0) is 0 Å². The van der Waals surface area contributed by atoms with Crippen LogP contribution < -0.4 is 5.32 Å². The molecule has 0 saturated heterocycles. The van der Waals surface area contributed by atoms with Crippen molar-refractivity contribution in [2.24, 2.45) is 0 Å². The molecule has 3 aromatic rings. The van der Waals surface area contributed by atoms with Crippen molar-refractivity contribution in [1.82, 2.24) is 10.3 Å². The van der Waals surface area contributed by atoms with Crippen LogP contribution in [0.1, 0.15) is 24.1 Å². The lowest BCUT2D eigenvalue weighted by molar-refractivity contribution is 0.631. The average molecular weight is 388 g/mol. The van der Waals surface area contributed by atoms with Crippen LogP contribution in [-0.4, -0.2) is 11.5 Å². The van der Waals surface area contributed by atoms with Crippen molar-refractivity contribution in [3.8, 4) is 0 Å². The highest BCUT2D eigenvalue weighted by Gasteiger charge is 2.13. The van der Waals surface area contributed by atoms with Gasteiger partial charge in [0.15, 0.2) is 0 Å². The first kappa shape index (κ1) is 14.5. The van der Waals surface area contributed by atoms with Crippen LogP contribution in [0, 0.1) is 3.57 Å². The molecule has 106 valence electrons. The van der Waals surface area contributed by atoms with E-state index in [1.807, 2.05) is 12.3 Å². The number of nitrogens with one attached hydrogen (secondary N) is 1. The Labute approximate surface area is 138 Å². The predicted molar refractivity (Wildman–Crippen MR) is 96.4 cm³/mol. The van der Waals surface area contributed by atoms with Gasteiger partial charge in [-0.05, 0) is 70.6 Å². The van der Waals surface area contributed by atoms with Crippen LogP contribution in [0.3, 0.4) is 0 Å². The van der Waals surface area contributed by atoms with Crippen LogP contribution in [0.25, 0.3) is 10.9 Å². The standard InChI is InChI=1S/C18H17IN2/c1-2-20-18(13-5-8-16(19)9-6-13)15-7-10-17-14(12-15)4-3-11-21-17/h3-12,18,20H,2H2,1H3. The second-order valence-corrected chi connectivity index (χ2v) is 6.24. The molecule has 3 heteroatoms. The third-order valence-electron chi connectivity index (χ3n) is 3.57. The Balaban J connectivity index is 2.04. The van der Waals surface area contributed by atoms with Gasteiger partial charge in [0.2, 0.25) is 0 Å². The van der Waals surface area contributed by atoms with Gasteiger partial charge in [0, 0.05) is 15.2 Å². The molecule has 0 radical (unpaired) electrons. The van der Waals surface area contributed by atoms with Crippen LogP contribution in [0.2, 0.25) is 0 Å². The quantitative estimate of drug-likeness (QED) is 0.664. The molecule has 0 aliphatic rings. The summed E-state index contributed by atoms with van der Waals surface area (Å²) in [6, 6.07) is 19.5. The third-order valence-corrected chi connectivity index (χ3v) is 4.29. The molecule has 1 heterocycles. The molecular weight excluding hydrogens is 371 g/mol. The third kappa shape index (κ3) is 3.24. The summed E-state index contributed by atoms with van der Waals surface area (Å²) in [6.45, 7) is 3.07. The van der Waals surface area contributed by atoms with Crippen molar-refractivity contribution < 1.29 is 0 Å². The molecule has 3 rings (SSSR count). The maximum absolute atomic E-state index is 4.39. The number of fused-ring (bicyclic) bond motifs is 1. The molecule has 1 atom stereocenters. The average Bonchev–Trinajstić information content (AvgIpc) is 2.53. The van der Waals surface area contributed by atoms with E-state index in [0.717, 1.165) is 12.1 Å². The summed E-state index contributed by atoms with van der Waals surface area (Å²) in [5, 5.41) is 4.76. The largest absolute Gasteiger partial charge is 0.307 e. The zero-order valence-corrected chi connectivity index (χ0v) is 14.0. The van der Waals surface area contributed by atoms with Crippen molar-refractivity contribution in [3.63, 3.8) is 0 Å². The Morgan fingerprint density at radius 1 is 1.05 bits per heavy atom. The van der Waals surface area contributed by atoms with Gasteiger partial charge in [0.1, 0.15) is 0 Å². The topological polar surface area (TPSA) is 24.9 Å². The molecule has 21 heavy (non-hydrogen) atoms. The summed E-state index contributed by atoms with van der Waals surface area (Å²) in [5.74, 6) is 0. The highest BCUT2D eigenvalue weighted by atomic mass is 127. The van der Waals surface area contributed by atoms with Crippen molar-refractivity contribution in [1.29, 1.82) is 0 Å². The molecule has 0 amide bonds. The maximum Gasteiger partial charge on any atom is 0.0702 e. The van der Waals surface area contributed by atoms with Crippen molar-refractivity contribution >= 4 is 33.5 Å². The van der Waals surface area contributed by atoms with Crippen molar-refractivity contribution in [3.05, 3.63) is 75.5 Å². The summed E-state index contributed by atoms with van der Waals surface area (Å²) >= 11 is 2.34. The SMILES string of the molecule is CCNC(c1ccc(I)cc1)c1ccc2ncccc2c1. The van der Waals surface area contributed by atoms with Gasteiger partial charge >= 0.3 is 0 Å². The summed E-state index contributed by atoms with van der Waals surface area (Å²) in [5.41, 5.74) is 3.61. The maximum atomic E-state index is 4.39. The number of hydrogen-bond acceptors (Lipinski definition) is 2. The lowest BCUT2D eigenvalue weighted by atomic mass is 9.97. The Morgan fingerprint density at radius 2 is 1.81 bits per heavy atom. The number of nitrogens with zero attached hydrogens (tertiary/aromatic N) is 1. The van der Waals surface area contributed by atoms with Crippen molar-refractivity contribution in [2.45, 2.75) is 13.0 Å². The predicted octanol–water partition coefficient (Wildman–Crippen LogP) is 4.54. The van der Waals surface area contributed by atoms with Gasteiger partial charge < -0.3 is 5.32 Å². The summed E-state index contributed by atoms with van der Waals surface area (Å²) in [7, 11) is 0. The lowest BCUT2D eigenvalue weighted by Gasteiger charge is -2.19. The fraction of sp³-hybridized carbons (Fsp3) is 0.167. The molecule has 0 aliphatic heterocycles. The van der Waals surface area contributed by atoms with E-state index in [9.17, 15) is 0 Å². The number of benzene rings is 2. The Bertz CT molecular complexity index is 738. The molecule has 2 nitrogen and oxygen atoms in total. The van der Waals surface area contributed by atoms with E-state index in [-0.39, 0.29) is 6.04 Å². The molecule has 2 aromatic carbocycles. The van der Waals surface area contributed by atoms with E-state index in [4.69, 9.17) is 0 Å². The van der Waals surface area contributed by atoms with Crippen molar-refractivity contribution in [2.75, 3.05) is 6.54 Å². The Hall–Kier alpha value is -1.46. The molecule has 0 saturated carbocycles. The first-order valence-electron chi connectivity index (χ1n) is 7.11. The van der Waals surface area contributed by atoms with E-state index in [0.29, 0.717) is 0 Å². The Kier molecular flexibility index (Phi) is 4.51. The fourth-order valence-corrected chi connectivity index (χ4v) is 2.92. The minimum Gasteiger partial charge on any atom is -0.307 e. The second kappa shape index (κ2) is 6.54. The first-order valence-corrected chi connectivity index (χ1v) is 8.19. The molecule has 0 aliphatic carbocycles. The van der Waals surface area contributed by atoms with Crippen LogP contribution in [0.5, 0.6) is 0 Å². The molecule has 1 unspecified atom stereocenters. The molecular formula is C18H17IN2. The highest BCUT2D eigenvalue weighted by Crippen LogP contribution is 2.25. The molecule has 0 spiro atoms. The van der Waals surface area contributed by atoms with Gasteiger partial charge in [-0.1, -0.05) is 31.2 Å². The van der Waals surface area contributed by atoms with E-state index >= 15 is 0 Å². The lowest BCUT2D eigenvalue weighted by Crippen LogP contribution is -2.21. The van der Waals surface area contributed by atoms with Gasteiger partial charge in [-0.2, -0.15) is 0 Å². The fourth-order valence-electron chi connectivity index (χ4n) is 2.56. The van der Waals surface area contributed by atoms with Gasteiger partial charge in [-0.15, -0.1) is 0 Å². The number of pyridine rings is 1. The van der Waals surface area contributed by atoms with Gasteiger partial charge in [-0.3, -0.25) is 4.98 Å². The number of rotatable bonds is 4. The van der Waals surface area contributed by atoms with Gasteiger partial charge in [-0.25, -0.2) is 0 Å². The van der Waals surface area contributed by atoms with Gasteiger partial charge in [0.25, 0.3) is 0 Å². The Morgan fingerprint density at radius 3 is 2.57 bits per heavy atom. The van der Waals surface area contributed by atoms with Crippen LogP contribution in [0.4, 0.5) is 0 Å². The smallest absolute Gasteiger partial charge is 0.0702 e. The molecule has 0 fully saturated rings. The monoisotopic (exact) mass is 388 g/mol. The molecule has 1 aromatic heterocycles. The van der Waals surface area contributed by atoms with E-state index in [1.165, 1.54) is 20.1 Å². The zero-order chi connectivity index (χ0) is 14.7. The van der Waals surface area contributed by atoms with Crippen LogP contribution >= 0.6 is 22.6 Å². The highest BCUT2D eigenvalue weighted by molar-refractivity contribution is 14.1. The zero-order valence-electron chi connectivity index (χ0n) is 11.9. The number of halogens is 1. The number of aromatic nitrogens is 1. The van der Waals surface area contributed by atoms with E-state index < -0.39 is 0 Å². The summed E-state index contributed by atoms with van der Waals surface area (Å²) in [4.78, 5) is 4.39. The van der Waals surface area contributed by atoms with Crippen LogP contribution in [0.15, 0.2) is 60.8 Å². The van der Waals surface area contributed by atoms with Gasteiger partial charge in [0.05, 0.1) is 11.6 Å². The van der Waals surface area contributed by atoms with E-state index in [2.05, 4.69) is 88.3 Å². The molecule has 0 bridgehead atoms. The minimum atomic E-state index is 0.219. The molecule has 1 N–H and O–H groups in total. The minimum absolute atomic E-state index is 0.219. The summed E-state index contributed by atoms with van der Waals surface area (Å²) in [6.07, 6.45) is 1.84. The second-order valence-electron chi connectivity index (χ2n) is 5.00. The van der Waals surface area contributed by atoms with E-state index in [1.54, 1.807) is 0 Å². The summed E-state index contributed by atoms with van der Waals surface area (Å²) < 4.78 is 1.26. The first-order chi connectivity index (χ1) is 10.3. The normalized spacial score (nSPS) is 12.5.